The second-order valence-electron chi connectivity index (χ2n) is 7.23. The van der Waals surface area contributed by atoms with Crippen LogP contribution < -0.4 is 5.32 Å². The summed E-state index contributed by atoms with van der Waals surface area (Å²) in [4.78, 5) is 28.2. The minimum absolute atomic E-state index is 0.0519. The van der Waals surface area contributed by atoms with Crippen molar-refractivity contribution in [2.75, 3.05) is 5.32 Å². The third kappa shape index (κ3) is 6.45. The average Bonchev–Trinajstić information content (AvgIpc) is 2.80. The van der Waals surface area contributed by atoms with Gasteiger partial charge in [-0.1, -0.05) is 35.9 Å². The fourth-order valence-corrected chi connectivity index (χ4v) is 3.17. The monoisotopic (exact) mass is 503 g/mol. The lowest BCUT2D eigenvalue weighted by Crippen LogP contribution is -2.25. The zero-order valence-corrected chi connectivity index (χ0v) is 18.5. The van der Waals surface area contributed by atoms with Crippen molar-refractivity contribution in [2.45, 2.75) is 12.6 Å². The van der Waals surface area contributed by atoms with E-state index >= 15 is 0 Å². The molecule has 0 aliphatic carbocycles. The lowest BCUT2D eigenvalue weighted by molar-refractivity contribution is -0.0605. The number of carbonyl (C=O) groups excluding carboxylic acids is 1. The number of aromatic carboxylic acids is 1. The lowest BCUT2D eigenvalue weighted by atomic mass is 10.0. The molecule has 35 heavy (non-hydrogen) atoms. The number of hydrogen-bond acceptors (Lipinski definition) is 5. The topological polar surface area (TPSA) is 123 Å². The summed E-state index contributed by atoms with van der Waals surface area (Å²) >= 11 is 6.08. The summed E-state index contributed by atoms with van der Waals surface area (Å²) in [6, 6.07) is 15.1. The van der Waals surface area contributed by atoms with Crippen LogP contribution in [-0.4, -0.2) is 39.7 Å². The Bertz CT molecular complexity index is 1320. The molecule has 0 heterocycles. The van der Waals surface area contributed by atoms with Gasteiger partial charge in [0, 0.05) is 12.0 Å². The number of amides is 1. The highest BCUT2D eigenvalue weighted by Crippen LogP contribution is 2.27. The molecule has 180 valence electrons. The van der Waals surface area contributed by atoms with Gasteiger partial charge in [0.05, 0.1) is 27.7 Å². The van der Waals surface area contributed by atoms with Gasteiger partial charge in [0.15, 0.2) is 0 Å². The summed E-state index contributed by atoms with van der Waals surface area (Å²) in [6.45, 7) is 0. The summed E-state index contributed by atoms with van der Waals surface area (Å²) in [5.74, 6) is -2.34. The number of nitrogens with zero attached hydrogens (tertiary/aromatic N) is 1. The minimum Gasteiger partial charge on any atom is -0.508 e. The Kier molecular flexibility index (Phi) is 7.55. The summed E-state index contributed by atoms with van der Waals surface area (Å²) in [6.07, 6.45) is -5.66. The maximum Gasteiger partial charge on any atom is 0.429 e. The molecule has 0 saturated carbocycles. The largest absolute Gasteiger partial charge is 0.508 e. The minimum atomic E-state index is -4.84. The number of halogens is 4. The Morgan fingerprint density at radius 2 is 1.63 bits per heavy atom. The number of anilines is 1. The number of alkyl halides is 3. The molecular formula is C24H17ClF3N3O4. The van der Waals surface area contributed by atoms with Crippen LogP contribution in [0.15, 0.2) is 71.7 Å². The zero-order valence-electron chi connectivity index (χ0n) is 17.7. The van der Waals surface area contributed by atoms with E-state index in [2.05, 4.69) is 10.3 Å². The van der Waals surface area contributed by atoms with Crippen molar-refractivity contribution in [3.05, 3.63) is 88.4 Å². The third-order valence-electron chi connectivity index (χ3n) is 4.76. The molecule has 0 radical (unpaired) electrons. The van der Waals surface area contributed by atoms with Crippen molar-refractivity contribution < 1.29 is 33.0 Å². The van der Waals surface area contributed by atoms with Crippen LogP contribution in [0.4, 0.5) is 24.5 Å². The van der Waals surface area contributed by atoms with Crippen LogP contribution in [0.5, 0.6) is 5.75 Å². The van der Waals surface area contributed by atoms with Gasteiger partial charge >= 0.3 is 12.1 Å². The third-order valence-corrected chi connectivity index (χ3v) is 5.08. The van der Waals surface area contributed by atoms with Crippen molar-refractivity contribution in [2.24, 2.45) is 4.99 Å². The van der Waals surface area contributed by atoms with Gasteiger partial charge in [-0.2, -0.15) is 13.2 Å². The van der Waals surface area contributed by atoms with Crippen LogP contribution in [0.2, 0.25) is 5.02 Å². The molecule has 3 aromatic carbocycles. The number of phenols is 1. The quantitative estimate of drug-likeness (QED) is 0.230. The Hall–Kier alpha value is -4.18. The smallest absolute Gasteiger partial charge is 0.429 e. The second-order valence-corrected chi connectivity index (χ2v) is 7.64. The molecule has 0 atom stereocenters. The molecular weight excluding hydrogens is 487 g/mol. The Labute approximate surface area is 202 Å². The molecule has 11 heteroatoms. The number of hydrogen-bond donors (Lipinski definition) is 4. The number of carboxylic acids is 1. The Morgan fingerprint density at radius 1 is 1.00 bits per heavy atom. The van der Waals surface area contributed by atoms with Gasteiger partial charge in [-0.05, 0) is 48.0 Å². The van der Waals surface area contributed by atoms with Gasteiger partial charge in [0.2, 0.25) is 0 Å². The van der Waals surface area contributed by atoms with Crippen molar-refractivity contribution in [3.63, 3.8) is 0 Å². The standard InChI is InChI=1S/C24H17ClF3N3O4/c25-17-3-1-2-4-19(17)30-20(12-21(29)24(26,27)28)13-5-7-14(8-6-13)22(33)31-18-10-9-15(32)11-16(18)23(34)35/h1-11,29,32H,12H2,(H,31,33)(H,34,35). The Morgan fingerprint density at radius 3 is 2.23 bits per heavy atom. The first-order chi connectivity index (χ1) is 16.5. The number of para-hydroxylation sites is 1. The number of carbonyl (C=O) groups is 2. The van der Waals surface area contributed by atoms with Crippen LogP contribution in [0.25, 0.3) is 0 Å². The number of phenolic OH excluding ortho intramolecular Hbond substituents is 1. The van der Waals surface area contributed by atoms with E-state index in [4.69, 9.17) is 17.0 Å². The molecule has 0 aliphatic rings. The maximum atomic E-state index is 13.0. The van der Waals surface area contributed by atoms with E-state index in [9.17, 15) is 33.0 Å². The summed E-state index contributed by atoms with van der Waals surface area (Å²) < 4.78 is 39.1. The van der Waals surface area contributed by atoms with Crippen molar-refractivity contribution >= 4 is 46.3 Å². The van der Waals surface area contributed by atoms with Gasteiger partial charge in [-0.25, -0.2) is 4.79 Å². The fourth-order valence-electron chi connectivity index (χ4n) is 2.99. The maximum absolute atomic E-state index is 13.0. The molecule has 4 N–H and O–H groups in total. The van der Waals surface area contributed by atoms with Crippen LogP contribution >= 0.6 is 11.6 Å². The predicted molar refractivity (Wildman–Crippen MR) is 126 cm³/mol. The highest BCUT2D eigenvalue weighted by Gasteiger charge is 2.35. The number of rotatable bonds is 7. The molecule has 0 bridgehead atoms. The van der Waals surface area contributed by atoms with Gasteiger partial charge in [0.25, 0.3) is 5.91 Å². The fraction of sp³-hybridized carbons (Fsp3) is 0.0833. The van der Waals surface area contributed by atoms with Crippen molar-refractivity contribution in [3.8, 4) is 5.75 Å². The number of aliphatic imine (C=N–C) groups is 1. The molecule has 0 unspecified atom stereocenters. The highest BCUT2D eigenvalue weighted by molar-refractivity contribution is 6.33. The molecule has 1 amide bonds. The van der Waals surface area contributed by atoms with Gasteiger partial charge < -0.3 is 20.9 Å². The molecule has 3 rings (SSSR count). The first kappa shape index (κ1) is 25.4. The van der Waals surface area contributed by atoms with Gasteiger partial charge in [-0.15, -0.1) is 0 Å². The number of aromatic hydroxyl groups is 1. The van der Waals surface area contributed by atoms with Gasteiger partial charge in [-0.3, -0.25) is 9.79 Å². The van der Waals surface area contributed by atoms with E-state index in [1.54, 1.807) is 12.1 Å². The summed E-state index contributed by atoms with van der Waals surface area (Å²) in [5, 5.41) is 28.7. The molecule has 7 nitrogen and oxygen atoms in total. The summed E-state index contributed by atoms with van der Waals surface area (Å²) in [5.41, 5.74) is -1.43. The first-order valence-electron chi connectivity index (χ1n) is 9.90. The van der Waals surface area contributed by atoms with Crippen LogP contribution in [0.3, 0.4) is 0 Å². The second kappa shape index (κ2) is 10.4. The average molecular weight is 504 g/mol. The highest BCUT2D eigenvalue weighted by atomic mass is 35.5. The molecule has 3 aromatic rings. The van der Waals surface area contributed by atoms with E-state index < -0.39 is 30.2 Å². The normalized spacial score (nSPS) is 11.7. The van der Waals surface area contributed by atoms with Crippen LogP contribution in [-0.2, 0) is 0 Å². The number of nitrogens with one attached hydrogen (secondary N) is 2. The van der Waals surface area contributed by atoms with E-state index in [1.165, 1.54) is 48.5 Å². The zero-order chi connectivity index (χ0) is 25.8. The van der Waals surface area contributed by atoms with Crippen molar-refractivity contribution in [1.82, 2.24) is 0 Å². The predicted octanol–water partition coefficient (Wildman–Crippen LogP) is 6.09. The van der Waals surface area contributed by atoms with E-state index in [-0.39, 0.29) is 44.5 Å². The van der Waals surface area contributed by atoms with E-state index in [1.807, 2.05) is 0 Å². The Balaban J connectivity index is 1.91. The van der Waals surface area contributed by atoms with Crippen LogP contribution in [0.1, 0.15) is 32.7 Å². The number of carboxylic acid groups (broad SMARTS) is 1. The molecule has 0 spiro atoms. The van der Waals surface area contributed by atoms with E-state index in [0.717, 1.165) is 6.07 Å². The molecule has 0 fully saturated rings. The number of benzene rings is 3. The lowest BCUT2D eigenvalue weighted by Gasteiger charge is -2.13. The van der Waals surface area contributed by atoms with Crippen molar-refractivity contribution in [1.29, 1.82) is 5.41 Å². The van der Waals surface area contributed by atoms with E-state index in [0.29, 0.717) is 0 Å². The van der Waals surface area contributed by atoms with Crippen LogP contribution in [0, 0.1) is 5.41 Å². The molecule has 0 aromatic heterocycles. The molecule has 0 saturated heterocycles. The molecule has 0 aliphatic heterocycles. The first-order valence-corrected chi connectivity index (χ1v) is 10.3. The SMILES string of the molecule is N=C(CC(=Nc1ccccc1Cl)c1ccc(C(=O)Nc2ccc(O)cc2C(=O)O)cc1)C(F)(F)F. The van der Waals surface area contributed by atoms with Gasteiger partial charge in [0.1, 0.15) is 11.5 Å². The summed E-state index contributed by atoms with van der Waals surface area (Å²) in [7, 11) is 0.